The van der Waals surface area contributed by atoms with Gasteiger partial charge in [-0.3, -0.25) is 4.79 Å². The molecule has 1 fully saturated rings. The Morgan fingerprint density at radius 1 is 1.73 bits per heavy atom. The van der Waals surface area contributed by atoms with Gasteiger partial charge in [0.25, 0.3) is 5.91 Å². The van der Waals surface area contributed by atoms with Crippen molar-refractivity contribution in [2.75, 3.05) is 13.7 Å². The van der Waals surface area contributed by atoms with Gasteiger partial charge in [0.05, 0.1) is 12.2 Å². The van der Waals surface area contributed by atoms with Gasteiger partial charge in [0.15, 0.2) is 5.69 Å². The van der Waals surface area contributed by atoms with E-state index in [-0.39, 0.29) is 18.6 Å². The fraction of sp³-hybridized carbons (Fsp3) is 0.667. The lowest BCUT2D eigenvalue weighted by Gasteiger charge is -2.33. The van der Waals surface area contributed by atoms with E-state index in [9.17, 15) is 4.79 Å². The largest absolute Gasteiger partial charge is 0.396 e. The Hall–Kier alpha value is -1.43. The molecule has 0 unspecified atom stereocenters. The van der Waals surface area contributed by atoms with E-state index >= 15 is 0 Å². The molecule has 0 aliphatic heterocycles. The summed E-state index contributed by atoms with van der Waals surface area (Å²) >= 11 is 0. The number of hydrogen-bond donors (Lipinski definition) is 2. The number of nitrogens with one attached hydrogen (secondary N) is 1. The van der Waals surface area contributed by atoms with Crippen LogP contribution in [0.4, 0.5) is 0 Å². The van der Waals surface area contributed by atoms with Gasteiger partial charge in [-0.15, -0.1) is 5.10 Å². The minimum Gasteiger partial charge on any atom is -0.396 e. The van der Waals surface area contributed by atoms with Crippen LogP contribution in [0.2, 0.25) is 0 Å². The number of amides is 1. The van der Waals surface area contributed by atoms with E-state index in [2.05, 4.69) is 15.6 Å². The molecule has 0 spiro atoms. The molecule has 6 nitrogen and oxygen atoms in total. The molecule has 0 bridgehead atoms. The molecule has 2 rings (SSSR count). The number of hydrogen-bond acceptors (Lipinski definition) is 4. The summed E-state index contributed by atoms with van der Waals surface area (Å²) in [6.45, 7) is 0.230. The molecule has 0 radical (unpaired) electrons. The van der Waals surface area contributed by atoms with E-state index in [1.807, 2.05) is 0 Å². The monoisotopic (exact) mass is 210 g/mol. The highest BCUT2D eigenvalue weighted by atomic mass is 16.3. The van der Waals surface area contributed by atoms with Crippen LogP contribution in [0.1, 0.15) is 29.4 Å². The molecule has 1 aliphatic rings. The molecular formula is C9H14N4O2. The summed E-state index contributed by atoms with van der Waals surface area (Å²) in [6.07, 6.45) is 3.47. The van der Waals surface area contributed by atoms with Crippen molar-refractivity contribution in [2.45, 2.75) is 18.9 Å². The predicted molar refractivity (Wildman–Crippen MR) is 52.3 cm³/mol. The Morgan fingerprint density at radius 2 is 2.47 bits per heavy atom. The quantitative estimate of drug-likeness (QED) is 0.710. The topological polar surface area (TPSA) is 80.0 Å². The van der Waals surface area contributed by atoms with Crippen molar-refractivity contribution in [3.8, 4) is 0 Å². The Bertz CT molecular complexity index is 357. The van der Waals surface area contributed by atoms with Crippen LogP contribution in [0.5, 0.6) is 0 Å². The molecule has 0 atom stereocenters. The van der Waals surface area contributed by atoms with E-state index in [4.69, 9.17) is 5.11 Å². The first-order valence-corrected chi connectivity index (χ1v) is 4.99. The van der Waals surface area contributed by atoms with E-state index < -0.39 is 0 Å². The highest BCUT2D eigenvalue weighted by Crippen LogP contribution is 2.36. The van der Waals surface area contributed by atoms with Crippen molar-refractivity contribution < 1.29 is 9.90 Å². The van der Waals surface area contributed by atoms with Gasteiger partial charge in [-0.1, -0.05) is 5.21 Å². The summed E-state index contributed by atoms with van der Waals surface area (Å²) in [7, 11) is 1.56. The lowest BCUT2D eigenvalue weighted by Crippen LogP contribution is -2.29. The lowest BCUT2D eigenvalue weighted by molar-refractivity contribution is 0.0957. The fourth-order valence-electron chi connectivity index (χ4n) is 1.75. The molecule has 1 aliphatic carbocycles. The first-order chi connectivity index (χ1) is 7.24. The average molecular weight is 210 g/mol. The van der Waals surface area contributed by atoms with Crippen molar-refractivity contribution in [3.05, 3.63) is 11.9 Å². The summed E-state index contributed by atoms with van der Waals surface area (Å²) in [6, 6.07) is 0.285. The summed E-state index contributed by atoms with van der Waals surface area (Å²) in [5.74, 6) is 0.155. The van der Waals surface area contributed by atoms with E-state index in [1.165, 1.54) is 0 Å². The zero-order valence-corrected chi connectivity index (χ0v) is 8.55. The van der Waals surface area contributed by atoms with E-state index in [0.717, 1.165) is 12.8 Å². The second-order valence-electron chi connectivity index (χ2n) is 3.84. The normalized spacial score (nSPS) is 24.7. The Labute approximate surface area is 87.3 Å². The molecule has 6 heteroatoms. The SMILES string of the molecule is CNC(=O)c1cn(C2CC(CO)C2)nn1. The summed E-state index contributed by atoms with van der Waals surface area (Å²) in [5.41, 5.74) is 0.338. The molecule has 2 N–H and O–H groups in total. The second-order valence-corrected chi connectivity index (χ2v) is 3.84. The van der Waals surface area contributed by atoms with Crippen molar-refractivity contribution >= 4 is 5.91 Å². The number of aromatic nitrogens is 3. The molecule has 15 heavy (non-hydrogen) atoms. The number of rotatable bonds is 3. The fourth-order valence-corrected chi connectivity index (χ4v) is 1.75. The molecular weight excluding hydrogens is 196 g/mol. The minimum absolute atomic E-state index is 0.223. The third-order valence-electron chi connectivity index (χ3n) is 2.81. The number of carbonyl (C=O) groups excluding carboxylic acids is 1. The van der Waals surface area contributed by atoms with E-state index in [0.29, 0.717) is 11.6 Å². The average Bonchev–Trinajstić information content (AvgIpc) is 2.64. The summed E-state index contributed by atoms with van der Waals surface area (Å²) in [4.78, 5) is 11.2. The van der Waals surface area contributed by atoms with Gasteiger partial charge < -0.3 is 10.4 Å². The zero-order valence-electron chi connectivity index (χ0n) is 8.55. The molecule has 1 aromatic heterocycles. The molecule has 1 amide bonds. The van der Waals surface area contributed by atoms with Gasteiger partial charge >= 0.3 is 0 Å². The first-order valence-electron chi connectivity index (χ1n) is 4.99. The third kappa shape index (κ3) is 1.85. The van der Waals surface area contributed by atoms with Gasteiger partial charge in [-0.25, -0.2) is 4.68 Å². The van der Waals surface area contributed by atoms with Crippen molar-refractivity contribution in [1.82, 2.24) is 20.3 Å². The highest BCUT2D eigenvalue weighted by molar-refractivity contribution is 5.91. The van der Waals surface area contributed by atoms with Gasteiger partial charge in [-0.05, 0) is 18.8 Å². The van der Waals surface area contributed by atoms with Crippen LogP contribution in [-0.2, 0) is 0 Å². The Morgan fingerprint density at radius 3 is 3.07 bits per heavy atom. The summed E-state index contributed by atoms with van der Waals surface area (Å²) in [5, 5.41) is 19.0. The van der Waals surface area contributed by atoms with Gasteiger partial charge in [-0.2, -0.15) is 0 Å². The maximum Gasteiger partial charge on any atom is 0.273 e. The van der Waals surface area contributed by atoms with Gasteiger partial charge in [0.1, 0.15) is 0 Å². The van der Waals surface area contributed by atoms with Crippen LogP contribution < -0.4 is 5.32 Å². The maximum absolute atomic E-state index is 11.2. The van der Waals surface area contributed by atoms with Crippen LogP contribution in [0.3, 0.4) is 0 Å². The van der Waals surface area contributed by atoms with Gasteiger partial charge in [0, 0.05) is 13.7 Å². The van der Waals surface area contributed by atoms with Crippen LogP contribution in [0.15, 0.2) is 6.20 Å². The zero-order chi connectivity index (χ0) is 10.8. The second kappa shape index (κ2) is 3.98. The van der Waals surface area contributed by atoms with E-state index in [1.54, 1.807) is 17.9 Å². The molecule has 82 valence electrons. The minimum atomic E-state index is -0.223. The van der Waals surface area contributed by atoms with Crippen molar-refractivity contribution in [3.63, 3.8) is 0 Å². The van der Waals surface area contributed by atoms with Crippen LogP contribution >= 0.6 is 0 Å². The molecule has 1 saturated carbocycles. The van der Waals surface area contributed by atoms with Gasteiger partial charge in [0.2, 0.25) is 0 Å². The number of nitrogens with zero attached hydrogens (tertiary/aromatic N) is 3. The van der Waals surface area contributed by atoms with Crippen LogP contribution in [0.25, 0.3) is 0 Å². The molecule has 0 saturated heterocycles. The van der Waals surface area contributed by atoms with Crippen molar-refractivity contribution in [2.24, 2.45) is 5.92 Å². The standard InChI is InChI=1S/C9H14N4O2/c1-10-9(15)8-4-13(12-11-8)7-2-6(3-7)5-14/h4,6-7,14H,2-3,5H2,1H3,(H,10,15). The number of aliphatic hydroxyl groups excluding tert-OH is 1. The molecule has 1 heterocycles. The highest BCUT2D eigenvalue weighted by Gasteiger charge is 2.31. The van der Waals surface area contributed by atoms with Crippen molar-refractivity contribution in [1.29, 1.82) is 0 Å². The number of aliphatic hydroxyl groups is 1. The smallest absolute Gasteiger partial charge is 0.273 e. The first kappa shape index (κ1) is 10.1. The molecule has 1 aromatic rings. The predicted octanol–water partition coefficient (Wildman–Crippen LogP) is -0.419. The maximum atomic E-state index is 11.2. The Kier molecular flexibility index (Phi) is 2.68. The lowest BCUT2D eigenvalue weighted by atomic mass is 9.81. The summed E-state index contributed by atoms with van der Waals surface area (Å²) < 4.78 is 1.71. The Balaban J connectivity index is 1.99. The number of carbonyl (C=O) groups is 1. The molecule has 0 aromatic carbocycles. The third-order valence-corrected chi connectivity index (χ3v) is 2.81. The van der Waals surface area contributed by atoms with Crippen LogP contribution in [0, 0.1) is 5.92 Å². The van der Waals surface area contributed by atoms with Crippen LogP contribution in [-0.4, -0.2) is 39.7 Å².